The average molecular weight is 548 g/mol. The van der Waals surface area contributed by atoms with Crippen molar-refractivity contribution >= 4 is 10.1 Å². The van der Waals surface area contributed by atoms with E-state index in [9.17, 15) is 13.0 Å². The summed E-state index contributed by atoms with van der Waals surface area (Å²) in [6.45, 7) is 6.79. The summed E-state index contributed by atoms with van der Waals surface area (Å²) >= 11 is 0. The molecule has 0 spiro atoms. The second-order valence-electron chi connectivity index (χ2n) is 13.1. The minimum Gasteiger partial charge on any atom is -0.748 e. The van der Waals surface area contributed by atoms with Gasteiger partial charge in [-0.05, 0) is 38.5 Å². The molecule has 0 N–H and O–H groups in total. The molecule has 0 fully saturated rings. The molecule has 0 bridgehead atoms. The highest BCUT2D eigenvalue weighted by molar-refractivity contribution is 7.85. The first-order valence-corrected chi connectivity index (χ1v) is 17.6. The molecule has 0 aromatic heterocycles. The Labute approximate surface area is 233 Å². The molecule has 0 unspecified atom stereocenters. The van der Waals surface area contributed by atoms with Gasteiger partial charge in [-0.3, -0.25) is 0 Å². The van der Waals surface area contributed by atoms with Crippen molar-refractivity contribution in [2.45, 2.75) is 142 Å². The molecule has 0 aliphatic heterocycles. The van der Waals surface area contributed by atoms with Crippen molar-refractivity contribution < 1.29 is 21.9 Å². The van der Waals surface area contributed by atoms with Gasteiger partial charge in [0.05, 0.1) is 64.5 Å². The van der Waals surface area contributed by atoms with E-state index >= 15 is 0 Å². The first-order valence-electron chi connectivity index (χ1n) is 16.0. The lowest BCUT2D eigenvalue weighted by Gasteiger charge is -2.30. The van der Waals surface area contributed by atoms with Crippen LogP contribution < -0.4 is 0 Å². The zero-order chi connectivity index (χ0) is 27.9. The minimum atomic E-state index is -4.07. The molecule has 0 aliphatic rings. The maximum absolute atomic E-state index is 10.7. The van der Waals surface area contributed by atoms with Crippen molar-refractivity contribution in [3.05, 3.63) is 0 Å². The summed E-state index contributed by atoms with van der Waals surface area (Å²) in [6.07, 6.45) is 28.1. The largest absolute Gasteiger partial charge is 0.748 e. The third kappa shape index (κ3) is 28.7. The van der Waals surface area contributed by atoms with Gasteiger partial charge in [-0.2, -0.15) is 0 Å². The highest BCUT2D eigenvalue weighted by Gasteiger charge is 2.15. The Balaban J connectivity index is 3.46. The van der Waals surface area contributed by atoms with Crippen molar-refractivity contribution in [2.24, 2.45) is 0 Å². The molecule has 0 saturated carbocycles. The predicted molar refractivity (Wildman–Crippen MR) is 161 cm³/mol. The second-order valence-corrected chi connectivity index (χ2v) is 14.6. The first-order chi connectivity index (χ1) is 17.5. The van der Waals surface area contributed by atoms with Crippen molar-refractivity contribution in [1.29, 1.82) is 0 Å². The molecular weight excluding hydrogens is 480 g/mol. The molecule has 0 rings (SSSR count). The standard InChI is InChI=1S/C31H67N2O3S/c1-6-7-8-9-10-11-14-17-20-23-27-32(2,3)28-24-21-18-15-12-13-16-19-22-25-29-33(4,5)30-26-31-37(34,35)36/h6-31H2,1-5H3/q+1. The Kier molecular flexibility index (Phi) is 22.5. The number of nitrogens with zero attached hydrogens (tertiary/aromatic N) is 2. The number of quaternary nitrogens is 2. The van der Waals surface area contributed by atoms with Crippen LogP contribution in [0, 0.1) is 0 Å². The fourth-order valence-electron chi connectivity index (χ4n) is 5.41. The van der Waals surface area contributed by atoms with Crippen LogP contribution in [-0.2, 0) is 10.1 Å². The van der Waals surface area contributed by atoms with Gasteiger partial charge >= 0.3 is 0 Å². The summed E-state index contributed by atoms with van der Waals surface area (Å²) in [5.41, 5.74) is 0. The van der Waals surface area contributed by atoms with Gasteiger partial charge in [0, 0.05) is 12.2 Å². The van der Waals surface area contributed by atoms with Crippen molar-refractivity contribution in [3.63, 3.8) is 0 Å². The molecule has 0 radical (unpaired) electrons. The van der Waals surface area contributed by atoms with Crippen LogP contribution in [0.25, 0.3) is 0 Å². The summed E-state index contributed by atoms with van der Waals surface area (Å²) in [6, 6.07) is 0. The van der Waals surface area contributed by atoms with Crippen LogP contribution in [0.5, 0.6) is 0 Å². The van der Waals surface area contributed by atoms with Gasteiger partial charge in [-0.1, -0.05) is 96.8 Å². The van der Waals surface area contributed by atoms with E-state index in [2.05, 4.69) is 35.1 Å². The van der Waals surface area contributed by atoms with Gasteiger partial charge < -0.3 is 13.5 Å². The maximum Gasteiger partial charge on any atom is 0.0948 e. The summed E-state index contributed by atoms with van der Waals surface area (Å²) in [4.78, 5) is 0. The molecule has 0 saturated heterocycles. The summed E-state index contributed by atoms with van der Waals surface area (Å²) in [5.74, 6) is -0.231. The van der Waals surface area contributed by atoms with Crippen LogP contribution in [0.2, 0.25) is 0 Å². The van der Waals surface area contributed by atoms with Crippen LogP contribution in [0.1, 0.15) is 142 Å². The molecule has 224 valence electrons. The van der Waals surface area contributed by atoms with E-state index in [4.69, 9.17) is 0 Å². The van der Waals surface area contributed by atoms with Crippen LogP contribution in [0.15, 0.2) is 0 Å². The molecule has 0 atom stereocenters. The smallest absolute Gasteiger partial charge is 0.0948 e. The summed E-state index contributed by atoms with van der Waals surface area (Å²) in [7, 11) is 5.04. The molecule has 6 heteroatoms. The lowest BCUT2D eigenvalue weighted by atomic mass is 10.1. The highest BCUT2D eigenvalue weighted by atomic mass is 32.2. The van der Waals surface area contributed by atoms with E-state index in [1.54, 1.807) is 0 Å². The Morgan fingerprint density at radius 1 is 0.432 bits per heavy atom. The van der Waals surface area contributed by atoms with Crippen LogP contribution in [0.4, 0.5) is 0 Å². The van der Waals surface area contributed by atoms with Gasteiger partial charge in [-0.15, -0.1) is 0 Å². The Morgan fingerprint density at radius 2 is 0.676 bits per heavy atom. The topological polar surface area (TPSA) is 57.2 Å². The lowest BCUT2D eigenvalue weighted by Crippen LogP contribution is -2.41. The molecule has 37 heavy (non-hydrogen) atoms. The molecule has 0 aliphatic carbocycles. The number of unbranched alkanes of at least 4 members (excludes halogenated alkanes) is 18. The van der Waals surface area contributed by atoms with Crippen LogP contribution >= 0.6 is 0 Å². The SMILES string of the molecule is CCCCCCCCCCCC[N+](C)(C)CCCCCCCCCCCC[N+](C)(C)CCCS(=O)(=O)[O-]. The van der Waals surface area contributed by atoms with Gasteiger partial charge in [-0.25, -0.2) is 8.42 Å². The quantitative estimate of drug-likeness (QED) is 0.0568. The zero-order valence-electron chi connectivity index (χ0n) is 25.9. The fraction of sp³-hybridized carbons (Fsp3) is 1.00. The molecule has 0 aromatic carbocycles. The van der Waals surface area contributed by atoms with Gasteiger partial charge in [0.15, 0.2) is 0 Å². The summed E-state index contributed by atoms with van der Waals surface area (Å²) in [5, 5.41) is 0. The average Bonchev–Trinajstić information content (AvgIpc) is 2.80. The van der Waals surface area contributed by atoms with Crippen LogP contribution in [0.3, 0.4) is 0 Å². The van der Waals surface area contributed by atoms with Gasteiger partial charge in [0.2, 0.25) is 0 Å². The number of rotatable bonds is 28. The Bertz CT molecular complexity index is 606. The molecular formula is C31H67N2O3S+. The zero-order valence-corrected chi connectivity index (χ0v) is 26.7. The minimum absolute atomic E-state index is 0.231. The van der Waals surface area contributed by atoms with Crippen LogP contribution in [-0.4, -0.2) is 82.1 Å². The van der Waals surface area contributed by atoms with E-state index < -0.39 is 10.1 Å². The fourth-order valence-corrected chi connectivity index (χ4v) is 5.90. The first kappa shape index (κ1) is 36.8. The second kappa shape index (κ2) is 22.6. The normalized spacial score (nSPS) is 12.9. The molecule has 5 nitrogen and oxygen atoms in total. The van der Waals surface area contributed by atoms with Gasteiger partial charge in [0.1, 0.15) is 0 Å². The number of hydrogen-bond donors (Lipinski definition) is 0. The molecule has 0 amide bonds. The van der Waals surface area contributed by atoms with E-state index in [-0.39, 0.29) is 5.75 Å². The Morgan fingerprint density at radius 3 is 0.946 bits per heavy atom. The van der Waals surface area contributed by atoms with E-state index in [0.29, 0.717) is 6.42 Å². The van der Waals surface area contributed by atoms with Crippen molar-refractivity contribution in [1.82, 2.24) is 0 Å². The predicted octanol–water partition coefficient (Wildman–Crippen LogP) is 7.90. The maximum atomic E-state index is 10.7. The molecule has 0 heterocycles. The third-order valence-corrected chi connectivity index (χ3v) is 8.84. The van der Waals surface area contributed by atoms with E-state index in [1.165, 1.54) is 146 Å². The van der Waals surface area contributed by atoms with E-state index in [0.717, 1.165) is 17.6 Å². The molecule has 0 aromatic rings. The Hall–Kier alpha value is -0.170. The summed E-state index contributed by atoms with van der Waals surface area (Å²) < 4.78 is 34.2. The third-order valence-electron chi connectivity index (χ3n) is 8.05. The van der Waals surface area contributed by atoms with Crippen molar-refractivity contribution in [2.75, 3.05) is 60.1 Å². The monoisotopic (exact) mass is 547 g/mol. The van der Waals surface area contributed by atoms with Gasteiger partial charge in [0.25, 0.3) is 0 Å². The lowest BCUT2D eigenvalue weighted by molar-refractivity contribution is -0.890. The number of hydrogen-bond acceptors (Lipinski definition) is 3. The van der Waals surface area contributed by atoms with Crippen molar-refractivity contribution in [3.8, 4) is 0 Å². The van der Waals surface area contributed by atoms with E-state index in [1.807, 2.05) is 0 Å². The highest BCUT2D eigenvalue weighted by Crippen LogP contribution is 2.15.